The summed E-state index contributed by atoms with van der Waals surface area (Å²) in [5.74, 6) is 1.70. The van der Waals surface area contributed by atoms with Gasteiger partial charge in [0.1, 0.15) is 0 Å². The smallest absolute Gasteiger partial charge is 0.231 e. The molecule has 0 aromatic heterocycles. The maximum absolute atomic E-state index is 5.50. The van der Waals surface area contributed by atoms with Gasteiger partial charge in [-0.25, -0.2) is 0 Å². The molecule has 1 aliphatic rings. The Balaban J connectivity index is 1.74. The molecule has 0 aliphatic carbocycles. The Labute approximate surface area is 113 Å². The molecule has 2 aromatic carbocycles. The van der Waals surface area contributed by atoms with Crippen LogP contribution in [0, 0.1) is 0 Å². The van der Waals surface area contributed by atoms with E-state index in [1.165, 1.54) is 5.56 Å². The lowest BCUT2D eigenvalue weighted by molar-refractivity contribution is 0.173. The van der Waals surface area contributed by atoms with Gasteiger partial charge in [-0.05, 0) is 30.2 Å². The second kappa shape index (κ2) is 5.22. The molecule has 0 bridgehead atoms. The van der Waals surface area contributed by atoms with E-state index < -0.39 is 0 Å². The number of hydrogen-bond donors (Lipinski definition) is 1. The molecule has 0 saturated heterocycles. The fourth-order valence-electron chi connectivity index (χ4n) is 2.23. The van der Waals surface area contributed by atoms with Gasteiger partial charge in [-0.1, -0.05) is 31.2 Å². The van der Waals surface area contributed by atoms with Gasteiger partial charge in [-0.3, -0.25) is 0 Å². The molecule has 0 unspecified atom stereocenters. The molecule has 1 heterocycles. The fourth-order valence-corrected chi connectivity index (χ4v) is 2.23. The molecule has 0 radical (unpaired) electrons. The fraction of sp³-hybridized carbons (Fsp3) is 0.250. The number of benzene rings is 2. The van der Waals surface area contributed by atoms with Crippen molar-refractivity contribution in [3.05, 3.63) is 53.6 Å². The van der Waals surface area contributed by atoms with Crippen LogP contribution >= 0.6 is 0 Å². The zero-order valence-electron chi connectivity index (χ0n) is 11.0. The van der Waals surface area contributed by atoms with Crippen LogP contribution in [0.2, 0.25) is 0 Å². The van der Waals surface area contributed by atoms with Crippen molar-refractivity contribution in [2.24, 2.45) is 0 Å². The largest absolute Gasteiger partial charge is 0.454 e. The van der Waals surface area contributed by atoms with Crippen LogP contribution in [0.1, 0.15) is 18.1 Å². The quantitative estimate of drug-likeness (QED) is 0.905. The van der Waals surface area contributed by atoms with Gasteiger partial charge in [0, 0.05) is 17.8 Å². The average molecular weight is 255 g/mol. The predicted octanol–water partition coefficient (Wildman–Crippen LogP) is 3.59. The molecule has 98 valence electrons. The highest BCUT2D eigenvalue weighted by molar-refractivity contribution is 5.51. The first-order valence-corrected chi connectivity index (χ1v) is 6.57. The van der Waals surface area contributed by atoms with Gasteiger partial charge < -0.3 is 14.8 Å². The molecule has 3 heteroatoms. The van der Waals surface area contributed by atoms with Crippen molar-refractivity contribution < 1.29 is 9.47 Å². The SMILES string of the molecule is CCc1cccc(NCc2cccc3c2OCO3)c1. The first-order valence-electron chi connectivity index (χ1n) is 6.57. The summed E-state index contributed by atoms with van der Waals surface area (Å²) < 4.78 is 10.9. The summed E-state index contributed by atoms with van der Waals surface area (Å²) in [5.41, 5.74) is 3.59. The summed E-state index contributed by atoms with van der Waals surface area (Å²) in [6.45, 7) is 3.21. The van der Waals surface area contributed by atoms with E-state index in [9.17, 15) is 0 Å². The number of nitrogens with one attached hydrogen (secondary N) is 1. The van der Waals surface area contributed by atoms with Crippen LogP contribution in [-0.4, -0.2) is 6.79 Å². The normalized spacial score (nSPS) is 12.5. The summed E-state index contributed by atoms with van der Waals surface area (Å²) in [6.07, 6.45) is 1.05. The third kappa shape index (κ3) is 2.50. The minimum atomic E-state index is 0.317. The topological polar surface area (TPSA) is 30.5 Å². The van der Waals surface area contributed by atoms with E-state index in [0.29, 0.717) is 6.79 Å². The lowest BCUT2D eigenvalue weighted by Crippen LogP contribution is -2.01. The standard InChI is InChI=1S/C16H17NO2/c1-2-12-5-3-7-14(9-12)17-10-13-6-4-8-15-16(13)19-11-18-15/h3-9,17H,2,10-11H2,1H3. The van der Waals surface area contributed by atoms with Crippen LogP contribution in [0.4, 0.5) is 5.69 Å². The van der Waals surface area contributed by atoms with E-state index in [-0.39, 0.29) is 0 Å². The highest BCUT2D eigenvalue weighted by Crippen LogP contribution is 2.35. The number of para-hydroxylation sites is 1. The maximum atomic E-state index is 5.50. The van der Waals surface area contributed by atoms with Gasteiger partial charge in [-0.15, -0.1) is 0 Å². The van der Waals surface area contributed by atoms with Gasteiger partial charge in [-0.2, -0.15) is 0 Å². The molecule has 1 aliphatic heterocycles. The summed E-state index contributed by atoms with van der Waals surface area (Å²) in [7, 11) is 0. The van der Waals surface area contributed by atoms with Crippen LogP contribution in [0.3, 0.4) is 0 Å². The molecular weight excluding hydrogens is 238 g/mol. The molecule has 0 fully saturated rings. The molecule has 0 atom stereocenters. The van der Waals surface area contributed by atoms with Crippen LogP contribution in [0.15, 0.2) is 42.5 Å². The minimum Gasteiger partial charge on any atom is -0.454 e. The molecular formula is C16H17NO2. The molecule has 3 nitrogen and oxygen atoms in total. The Hall–Kier alpha value is -2.16. The minimum absolute atomic E-state index is 0.317. The predicted molar refractivity (Wildman–Crippen MR) is 75.7 cm³/mol. The number of hydrogen-bond acceptors (Lipinski definition) is 3. The van der Waals surface area contributed by atoms with E-state index in [1.807, 2.05) is 12.1 Å². The zero-order chi connectivity index (χ0) is 13.1. The highest BCUT2D eigenvalue weighted by atomic mass is 16.7. The van der Waals surface area contributed by atoms with Gasteiger partial charge in [0.25, 0.3) is 0 Å². The Morgan fingerprint density at radius 3 is 2.89 bits per heavy atom. The second-order valence-electron chi connectivity index (χ2n) is 4.56. The Kier molecular flexibility index (Phi) is 3.27. The maximum Gasteiger partial charge on any atom is 0.231 e. The molecule has 2 aromatic rings. The van der Waals surface area contributed by atoms with Crippen LogP contribution in [0.5, 0.6) is 11.5 Å². The molecule has 3 rings (SSSR count). The van der Waals surface area contributed by atoms with Crippen molar-refractivity contribution in [1.82, 2.24) is 0 Å². The summed E-state index contributed by atoms with van der Waals surface area (Å²) in [6, 6.07) is 14.5. The van der Waals surface area contributed by atoms with Crippen LogP contribution in [-0.2, 0) is 13.0 Å². The molecule has 0 amide bonds. The number of fused-ring (bicyclic) bond motifs is 1. The highest BCUT2D eigenvalue weighted by Gasteiger charge is 2.16. The van der Waals surface area contributed by atoms with Gasteiger partial charge in [0.2, 0.25) is 6.79 Å². The summed E-state index contributed by atoms with van der Waals surface area (Å²) in [4.78, 5) is 0. The number of aryl methyl sites for hydroxylation is 1. The number of ether oxygens (including phenoxy) is 2. The van der Waals surface area contributed by atoms with E-state index in [2.05, 4.69) is 42.6 Å². The second-order valence-corrected chi connectivity index (χ2v) is 4.56. The number of anilines is 1. The molecule has 0 spiro atoms. The van der Waals surface area contributed by atoms with Crippen molar-refractivity contribution in [1.29, 1.82) is 0 Å². The van der Waals surface area contributed by atoms with E-state index >= 15 is 0 Å². The lowest BCUT2D eigenvalue weighted by Gasteiger charge is -2.09. The van der Waals surface area contributed by atoms with Crippen molar-refractivity contribution in [2.45, 2.75) is 19.9 Å². The van der Waals surface area contributed by atoms with E-state index in [4.69, 9.17) is 9.47 Å². The number of rotatable bonds is 4. The van der Waals surface area contributed by atoms with Gasteiger partial charge in [0.05, 0.1) is 0 Å². The molecule has 1 N–H and O–H groups in total. The lowest BCUT2D eigenvalue weighted by atomic mass is 10.1. The Morgan fingerprint density at radius 1 is 1.11 bits per heavy atom. The monoisotopic (exact) mass is 255 g/mol. The third-order valence-corrected chi connectivity index (χ3v) is 3.30. The van der Waals surface area contributed by atoms with E-state index in [0.717, 1.165) is 35.7 Å². The summed E-state index contributed by atoms with van der Waals surface area (Å²) in [5, 5.41) is 3.43. The molecule has 0 saturated carbocycles. The first kappa shape index (κ1) is 11.9. The van der Waals surface area contributed by atoms with Gasteiger partial charge in [0.15, 0.2) is 11.5 Å². The van der Waals surface area contributed by atoms with Gasteiger partial charge >= 0.3 is 0 Å². The Bertz CT molecular complexity index is 581. The van der Waals surface area contributed by atoms with Crippen molar-refractivity contribution in [3.63, 3.8) is 0 Å². The summed E-state index contributed by atoms with van der Waals surface area (Å²) >= 11 is 0. The van der Waals surface area contributed by atoms with Crippen LogP contribution in [0.25, 0.3) is 0 Å². The third-order valence-electron chi connectivity index (χ3n) is 3.30. The first-order chi connectivity index (χ1) is 9.36. The van der Waals surface area contributed by atoms with Crippen molar-refractivity contribution >= 4 is 5.69 Å². The Morgan fingerprint density at radius 2 is 2.00 bits per heavy atom. The molecule has 19 heavy (non-hydrogen) atoms. The van der Waals surface area contributed by atoms with E-state index in [1.54, 1.807) is 0 Å². The average Bonchev–Trinajstić information content (AvgIpc) is 2.94. The van der Waals surface area contributed by atoms with Crippen molar-refractivity contribution in [2.75, 3.05) is 12.1 Å². The van der Waals surface area contributed by atoms with Crippen LogP contribution < -0.4 is 14.8 Å². The van der Waals surface area contributed by atoms with Crippen molar-refractivity contribution in [3.8, 4) is 11.5 Å². The zero-order valence-corrected chi connectivity index (χ0v) is 11.0.